The molecular weight excluding hydrogens is 258 g/mol. The summed E-state index contributed by atoms with van der Waals surface area (Å²) in [5.74, 6) is 0.831. The Morgan fingerprint density at radius 3 is 2.53 bits per heavy atom. The van der Waals surface area contributed by atoms with Crippen molar-refractivity contribution in [1.82, 2.24) is 4.90 Å². The van der Waals surface area contributed by atoms with Gasteiger partial charge in [0, 0.05) is 18.5 Å². The van der Waals surface area contributed by atoms with Gasteiger partial charge in [0.15, 0.2) is 0 Å². The predicted molar refractivity (Wildman–Crippen MR) is 79.8 cm³/mol. The van der Waals surface area contributed by atoms with Crippen molar-refractivity contribution in [3.63, 3.8) is 0 Å². The summed E-state index contributed by atoms with van der Waals surface area (Å²) in [5.41, 5.74) is 0.279. The fourth-order valence-corrected chi connectivity index (χ4v) is 4.76. The molecule has 2 aliphatic carbocycles. The van der Waals surface area contributed by atoms with Gasteiger partial charge in [0.05, 0.1) is 11.7 Å². The number of alkyl halides is 1. The summed E-state index contributed by atoms with van der Waals surface area (Å²) < 4.78 is 6.45. The van der Waals surface area contributed by atoms with Gasteiger partial charge >= 0.3 is 0 Å². The molecule has 1 spiro atoms. The molecule has 1 unspecified atom stereocenters. The van der Waals surface area contributed by atoms with Crippen LogP contribution in [0.15, 0.2) is 0 Å². The molecular formula is C16H28ClNO. The van der Waals surface area contributed by atoms with E-state index in [-0.39, 0.29) is 5.60 Å². The molecule has 0 N–H and O–H groups in total. The lowest BCUT2D eigenvalue weighted by Gasteiger charge is -2.36. The van der Waals surface area contributed by atoms with Crippen molar-refractivity contribution in [1.29, 1.82) is 0 Å². The van der Waals surface area contributed by atoms with E-state index in [1.807, 2.05) is 0 Å². The summed E-state index contributed by atoms with van der Waals surface area (Å²) in [5, 5.41) is 0.451. The first kappa shape index (κ1) is 14.2. The highest BCUT2D eigenvalue weighted by Gasteiger charge is 2.41. The van der Waals surface area contributed by atoms with E-state index in [1.54, 1.807) is 0 Å². The van der Waals surface area contributed by atoms with Crippen LogP contribution in [0.4, 0.5) is 0 Å². The number of halogens is 1. The Morgan fingerprint density at radius 2 is 1.84 bits per heavy atom. The lowest BCUT2D eigenvalue weighted by molar-refractivity contribution is -0.0713. The number of likely N-dealkylation sites (N-methyl/N-ethyl adjacent to an activating group) is 1. The van der Waals surface area contributed by atoms with Crippen molar-refractivity contribution in [2.75, 3.05) is 20.1 Å². The maximum atomic E-state index is 6.45. The molecule has 0 amide bonds. The quantitative estimate of drug-likeness (QED) is 0.728. The minimum Gasteiger partial charge on any atom is -0.370 e. The molecule has 1 atom stereocenters. The van der Waals surface area contributed by atoms with Gasteiger partial charge in [0.1, 0.15) is 0 Å². The van der Waals surface area contributed by atoms with Crippen LogP contribution in [0.2, 0.25) is 0 Å². The SMILES string of the molecule is CN(CC1CC(Cl)C1)CC1CCC2(CCCCC2)O1. The van der Waals surface area contributed by atoms with Gasteiger partial charge < -0.3 is 9.64 Å². The summed E-state index contributed by atoms with van der Waals surface area (Å²) >= 11 is 6.05. The van der Waals surface area contributed by atoms with Gasteiger partial charge in [0.25, 0.3) is 0 Å². The number of hydrogen-bond acceptors (Lipinski definition) is 2. The van der Waals surface area contributed by atoms with E-state index < -0.39 is 0 Å². The second-order valence-corrected chi connectivity index (χ2v) is 7.80. The highest BCUT2D eigenvalue weighted by molar-refractivity contribution is 6.21. The Morgan fingerprint density at radius 1 is 1.11 bits per heavy atom. The number of ether oxygens (including phenoxy) is 1. The van der Waals surface area contributed by atoms with Gasteiger partial charge in [-0.1, -0.05) is 19.3 Å². The second-order valence-electron chi connectivity index (χ2n) is 7.18. The third-order valence-electron chi connectivity index (χ3n) is 5.37. The van der Waals surface area contributed by atoms with E-state index in [4.69, 9.17) is 16.3 Å². The largest absolute Gasteiger partial charge is 0.370 e. The average molecular weight is 286 g/mol. The maximum absolute atomic E-state index is 6.45. The van der Waals surface area contributed by atoms with Crippen LogP contribution in [0.25, 0.3) is 0 Å². The molecule has 2 saturated carbocycles. The van der Waals surface area contributed by atoms with Gasteiger partial charge in [-0.25, -0.2) is 0 Å². The molecule has 0 aromatic rings. The van der Waals surface area contributed by atoms with Crippen LogP contribution in [0.3, 0.4) is 0 Å². The molecule has 3 aliphatic rings. The van der Waals surface area contributed by atoms with Crippen molar-refractivity contribution < 1.29 is 4.74 Å². The van der Waals surface area contributed by atoms with Gasteiger partial charge in [-0.2, -0.15) is 0 Å². The highest BCUT2D eigenvalue weighted by Crippen LogP contribution is 2.42. The molecule has 2 nitrogen and oxygen atoms in total. The second kappa shape index (κ2) is 5.91. The van der Waals surface area contributed by atoms with Gasteiger partial charge in [-0.3, -0.25) is 0 Å². The third-order valence-corrected chi connectivity index (χ3v) is 5.72. The van der Waals surface area contributed by atoms with Crippen LogP contribution in [-0.4, -0.2) is 42.1 Å². The molecule has 110 valence electrons. The highest BCUT2D eigenvalue weighted by atomic mass is 35.5. The lowest BCUT2D eigenvalue weighted by atomic mass is 9.83. The Labute approximate surface area is 122 Å². The summed E-state index contributed by atoms with van der Waals surface area (Å²) in [6.07, 6.45) is 12.3. The Bertz CT molecular complexity index is 297. The van der Waals surface area contributed by atoms with Crippen LogP contribution < -0.4 is 0 Å². The fraction of sp³-hybridized carbons (Fsp3) is 1.00. The number of rotatable bonds is 4. The standard InChI is InChI=1S/C16H28ClNO/c1-18(11-13-9-14(17)10-13)12-15-5-8-16(19-15)6-3-2-4-7-16/h13-15H,2-12H2,1H3. The summed E-state index contributed by atoms with van der Waals surface area (Å²) in [7, 11) is 2.25. The molecule has 3 fully saturated rings. The first-order valence-electron chi connectivity index (χ1n) is 8.16. The first-order valence-corrected chi connectivity index (χ1v) is 8.59. The maximum Gasteiger partial charge on any atom is 0.0710 e. The zero-order valence-electron chi connectivity index (χ0n) is 12.2. The molecule has 19 heavy (non-hydrogen) atoms. The Hall–Kier alpha value is 0.210. The monoisotopic (exact) mass is 285 g/mol. The van der Waals surface area contributed by atoms with Crippen LogP contribution in [0.5, 0.6) is 0 Å². The summed E-state index contributed by atoms with van der Waals surface area (Å²) in [4.78, 5) is 2.47. The van der Waals surface area contributed by atoms with E-state index in [1.165, 1.54) is 64.3 Å². The number of hydrogen-bond donors (Lipinski definition) is 0. The van der Waals surface area contributed by atoms with E-state index in [0.29, 0.717) is 11.5 Å². The van der Waals surface area contributed by atoms with Gasteiger partial charge in [-0.05, 0) is 51.5 Å². The topological polar surface area (TPSA) is 12.5 Å². The van der Waals surface area contributed by atoms with Crippen molar-refractivity contribution in [2.45, 2.75) is 74.9 Å². The third kappa shape index (κ3) is 3.46. The van der Waals surface area contributed by atoms with Crippen LogP contribution in [-0.2, 0) is 4.74 Å². The van der Waals surface area contributed by atoms with Crippen molar-refractivity contribution in [3.05, 3.63) is 0 Å². The molecule has 0 aromatic carbocycles. The predicted octanol–water partition coefficient (Wildman–Crippen LogP) is 3.82. The molecule has 3 rings (SSSR count). The van der Waals surface area contributed by atoms with Crippen molar-refractivity contribution >= 4 is 11.6 Å². The molecule has 1 saturated heterocycles. The van der Waals surface area contributed by atoms with Gasteiger partial charge in [-0.15, -0.1) is 11.6 Å². The van der Waals surface area contributed by atoms with Crippen molar-refractivity contribution in [3.8, 4) is 0 Å². The fourth-order valence-electron chi connectivity index (χ4n) is 4.25. The normalized spacial score (nSPS) is 37.7. The van der Waals surface area contributed by atoms with E-state index >= 15 is 0 Å². The van der Waals surface area contributed by atoms with Crippen LogP contribution in [0.1, 0.15) is 57.8 Å². The molecule has 0 bridgehead atoms. The molecule has 0 radical (unpaired) electrons. The minimum absolute atomic E-state index is 0.279. The van der Waals surface area contributed by atoms with E-state index in [0.717, 1.165) is 12.5 Å². The summed E-state index contributed by atoms with van der Waals surface area (Å²) in [6.45, 7) is 2.32. The molecule has 0 aromatic heterocycles. The van der Waals surface area contributed by atoms with Crippen LogP contribution in [0, 0.1) is 5.92 Å². The first-order chi connectivity index (χ1) is 9.15. The Balaban J connectivity index is 1.41. The van der Waals surface area contributed by atoms with E-state index in [2.05, 4.69) is 11.9 Å². The zero-order valence-corrected chi connectivity index (χ0v) is 13.0. The summed E-state index contributed by atoms with van der Waals surface area (Å²) in [6, 6.07) is 0. The lowest BCUT2D eigenvalue weighted by Crippen LogP contribution is -2.39. The smallest absolute Gasteiger partial charge is 0.0710 e. The Kier molecular flexibility index (Phi) is 4.40. The minimum atomic E-state index is 0.279. The zero-order chi connectivity index (χ0) is 13.3. The molecule has 3 heteroatoms. The van der Waals surface area contributed by atoms with Crippen molar-refractivity contribution in [2.24, 2.45) is 5.92 Å². The van der Waals surface area contributed by atoms with E-state index in [9.17, 15) is 0 Å². The van der Waals surface area contributed by atoms with Gasteiger partial charge in [0.2, 0.25) is 0 Å². The molecule has 1 aliphatic heterocycles. The number of nitrogens with zero attached hydrogens (tertiary/aromatic N) is 1. The molecule has 1 heterocycles. The van der Waals surface area contributed by atoms with Crippen LogP contribution >= 0.6 is 11.6 Å². The average Bonchev–Trinajstić information content (AvgIpc) is 2.71.